The van der Waals surface area contributed by atoms with Crippen molar-refractivity contribution in [2.75, 3.05) is 36.5 Å². The van der Waals surface area contributed by atoms with Crippen molar-refractivity contribution in [1.29, 1.82) is 0 Å². The highest BCUT2D eigenvalue weighted by Gasteiger charge is 2.26. The first-order valence-corrected chi connectivity index (χ1v) is 8.30. The lowest BCUT2D eigenvalue weighted by Gasteiger charge is -2.29. The van der Waals surface area contributed by atoms with Gasteiger partial charge in [0.05, 0.1) is 13.2 Å². The van der Waals surface area contributed by atoms with Gasteiger partial charge in [-0.1, -0.05) is 6.42 Å². The first kappa shape index (κ1) is 22.0. The summed E-state index contributed by atoms with van der Waals surface area (Å²) in [6, 6.07) is 4.78. The number of rotatable bonds is 4. The van der Waals surface area contributed by atoms with Crippen LogP contribution in [0.5, 0.6) is 0 Å². The summed E-state index contributed by atoms with van der Waals surface area (Å²) in [7, 11) is 0. The van der Waals surface area contributed by atoms with E-state index < -0.39 is 0 Å². The minimum atomic E-state index is -0.346. The monoisotopic (exact) mass is 393 g/mol. The number of benzene rings is 1. The number of hydrogen-bond acceptors (Lipinski definition) is 4. The average molecular weight is 394 g/mol. The molecule has 1 aliphatic heterocycles. The van der Waals surface area contributed by atoms with E-state index in [9.17, 15) is 9.18 Å². The average Bonchev–Trinajstić information content (AvgIpc) is 2.92. The van der Waals surface area contributed by atoms with Gasteiger partial charge in [0.1, 0.15) is 5.82 Å². The highest BCUT2D eigenvalue weighted by molar-refractivity contribution is 5.91. The zero-order chi connectivity index (χ0) is 16.2. The van der Waals surface area contributed by atoms with Gasteiger partial charge in [-0.3, -0.25) is 4.79 Å². The first-order valence-electron chi connectivity index (χ1n) is 8.30. The highest BCUT2D eigenvalue weighted by atomic mass is 35.5. The molecule has 1 saturated carbocycles. The second-order valence-electron chi connectivity index (χ2n) is 6.40. The second kappa shape index (κ2) is 10.2. The van der Waals surface area contributed by atoms with Gasteiger partial charge in [0.2, 0.25) is 5.91 Å². The molecule has 8 heteroatoms. The molecule has 3 rings (SSSR count). The molecule has 2 aliphatic rings. The molecular weight excluding hydrogens is 368 g/mol. The molecule has 1 amide bonds. The summed E-state index contributed by atoms with van der Waals surface area (Å²) >= 11 is 0. The number of nitrogens with one attached hydrogen (secondary N) is 1. The van der Waals surface area contributed by atoms with Crippen LogP contribution in [0.4, 0.5) is 15.8 Å². The molecule has 2 fully saturated rings. The van der Waals surface area contributed by atoms with Gasteiger partial charge in [-0.2, -0.15) is 0 Å². The number of amides is 1. The number of morpholine rings is 1. The molecule has 0 aromatic heterocycles. The molecule has 0 unspecified atom stereocenters. The van der Waals surface area contributed by atoms with Crippen LogP contribution in [0.15, 0.2) is 18.2 Å². The van der Waals surface area contributed by atoms with Gasteiger partial charge in [0, 0.05) is 36.9 Å². The number of nitrogens with zero attached hydrogens (tertiary/aromatic N) is 1. The lowest BCUT2D eigenvalue weighted by atomic mass is 10.00. The predicted molar refractivity (Wildman–Crippen MR) is 102 cm³/mol. The lowest BCUT2D eigenvalue weighted by Crippen LogP contribution is -2.36. The largest absolute Gasteiger partial charge is 0.378 e. The smallest absolute Gasteiger partial charge is 0.224 e. The van der Waals surface area contributed by atoms with E-state index in [2.05, 4.69) is 10.2 Å². The Hall–Kier alpha value is -1.08. The van der Waals surface area contributed by atoms with Crippen LogP contribution in [-0.4, -0.2) is 38.3 Å². The number of anilines is 2. The van der Waals surface area contributed by atoms with Gasteiger partial charge in [0.15, 0.2) is 0 Å². The SMILES string of the molecule is Cl.Cl.N[C@@H]1CCC[C@H]1CC(=O)Nc1cc(F)cc(N2CCOCC2)c1. The van der Waals surface area contributed by atoms with E-state index in [-0.39, 0.29) is 48.5 Å². The van der Waals surface area contributed by atoms with Crippen molar-refractivity contribution in [3.63, 3.8) is 0 Å². The molecule has 25 heavy (non-hydrogen) atoms. The fourth-order valence-corrected chi connectivity index (χ4v) is 3.42. The van der Waals surface area contributed by atoms with Crippen LogP contribution in [0, 0.1) is 11.7 Å². The number of nitrogens with two attached hydrogens (primary N) is 1. The maximum Gasteiger partial charge on any atom is 0.224 e. The van der Waals surface area contributed by atoms with E-state index in [1.165, 1.54) is 12.1 Å². The quantitative estimate of drug-likeness (QED) is 0.824. The van der Waals surface area contributed by atoms with E-state index in [4.69, 9.17) is 10.5 Å². The number of ether oxygens (including phenoxy) is 1. The van der Waals surface area contributed by atoms with Crippen molar-refractivity contribution in [1.82, 2.24) is 0 Å². The number of halogens is 3. The Labute approximate surface area is 160 Å². The molecular formula is C17H26Cl2FN3O2. The standard InChI is InChI=1S/C17H24FN3O2.2ClH/c18-13-9-14(11-15(10-13)21-4-6-23-7-5-21)20-17(22)8-12-2-1-3-16(12)19;;/h9-12,16H,1-8,19H2,(H,20,22);2*1H/t12-,16+;;/m0../s1. The number of hydrogen-bond donors (Lipinski definition) is 2. The van der Waals surface area contributed by atoms with Crippen LogP contribution in [0.3, 0.4) is 0 Å². The lowest BCUT2D eigenvalue weighted by molar-refractivity contribution is -0.117. The molecule has 1 aromatic carbocycles. The van der Waals surface area contributed by atoms with Crippen LogP contribution in [0.1, 0.15) is 25.7 Å². The van der Waals surface area contributed by atoms with Gasteiger partial charge in [-0.05, 0) is 37.0 Å². The van der Waals surface area contributed by atoms with Gasteiger partial charge < -0.3 is 20.7 Å². The Bertz CT molecular complexity index is 571. The molecule has 1 saturated heterocycles. The van der Waals surface area contributed by atoms with Crippen molar-refractivity contribution in [3.8, 4) is 0 Å². The van der Waals surface area contributed by atoms with Crippen LogP contribution >= 0.6 is 24.8 Å². The third-order valence-corrected chi connectivity index (χ3v) is 4.71. The fourth-order valence-electron chi connectivity index (χ4n) is 3.42. The van der Waals surface area contributed by atoms with Gasteiger partial charge >= 0.3 is 0 Å². The van der Waals surface area contributed by atoms with Gasteiger partial charge in [-0.15, -0.1) is 24.8 Å². The summed E-state index contributed by atoms with van der Waals surface area (Å²) < 4.78 is 19.2. The van der Waals surface area contributed by atoms with Crippen LogP contribution < -0.4 is 16.0 Å². The van der Waals surface area contributed by atoms with Crippen LogP contribution in [0.2, 0.25) is 0 Å². The van der Waals surface area contributed by atoms with Crippen molar-refractivity contribution >= 4 is 42.1 Å². The normalized spacial score (nSPS) is 22.7. The summed E-state index contributed by atoms with van der Waals surface area (Å²) in [4.78, 5) is 14.3. The van der Waals surface area contributed by atoms with Crippen molar-refractivity contribution in [2.24, 2.45) is 11.7 Å². The first-order chi connectivity index (χ1) is 11.1. The Morgan fingerprint density at radius 2 is 1.96 bits per heavy atom. The zero-order valence-electron chi connectivity index (χ0n) is 14.1. The summed E-state index contributed by atoms with van der Waals surface area (Å²) in [5, 5.41) is 2.82. The zero-order valence-corrected chi connectivity index (χ0v) is 15.7. The van der Waals surface area contributed by atoms with E-state index in [1.54, 1.807) is 0 Å². The van der Waals surface area contributed by atoms with Crippen molar-refractivity contribution in [3.05, 3.63) is 24.0 Å². The van der Waals surface area contributed by atoms with E-state index >= 15 is 0 Å². The molecule has 5 nitrogen and oxygen atoms in total. The van der Waals surface area contributed by atoms with E-state index in [0.29, 0.717) is 25.3 Å². The predicted octanol–water partition coefficient (Wildman–Crippen LogP) is 2.96. The minimum absolute atomic E-state index is 0. The highest BCUT2D eigenvalue weighted by Crippen LogP contribution is 2.28. The van der Waals surface area contributed by atoms with Crippen LogP contribution in [-0.2, 0) is 9.53 Å². The van der Waals surface area contributed by atoms with E-state index in [1.807, 2.05) is 6.07 Å². The second-order valence-corrected chi connectivity index (χ2v) is 6.40. The molecule has 1 aliphatic carbocycles. The Morgan fingerprint density at radius 1 is 1.24 bits per heavy atom. The molecule has 2 atom stereocenters. The molecule has 1 heterocycles. The number of carbonyl (C=O) groups excluding carboxylic acids is 1. The molecule has 1 aromatic rings. The molecule has 0 radical (unpaired) electrons. The van der Waals surface area contributed by atoms with E-state index in [0.717, 1.165) is 38.0 Å². The Balaban J connectivity index is 0.00000156. The topological polar surface area (TPSA) is 67.6 Å². The molecule has 0 spiro atoms. The maximum atomic E-state index is 13.9. The third-order valence-electron chi connectivity index (χ3n) is 4.71. The Kier molecular flexibility index (Phi) is 8.93. The number of carbonyl (C=O) groups is 1. The van der Waals surface area contributed by atoms with Crippen LogP contribution in [0.25, 0.3) is 0 Å². The summed E-state index contributed by atoms with van der Waals surface area (Å²) in [5.41, 5.74) is 7.29. The summed E-state index contributed by atoms with van der Waals surface area (Å²) in [6.45, 7) is 2.73. The summed E-state index contributed by atoms with van der Waals surface area (Å²) in [5.74, 6) is -0.199. The Morgan fingerprint density at radius 3 is 2.60 bits per heavy atom. The molecule has 0 bridgehead atoms. The van der Waals surface area contributed by atoms with Crippen molar-refractivity contribution < 1.29 is 13.9 Å². The molecule has 3 N–H and O–H groups in total. The summed E-state index contributed by atoms with van der Waals surface area (Å²) in [6.07, 6.45) is 3.47. The maximum absolute atomic E-state index is 13.9. The molecule has 142 valence electrons. The fraction of sp³-hybridized carbons (Fsp3) is 0.588. The van der Waals surface area contributed by atoms with Crippen molar-refractivity contribution in [2.45, 2.75) is 31.7 Å². The van der Waals surface area contributed by atoms with Gasteiger partial charge in [-0.25, -0.2) is 4.39 Å². The minimum Gasteiger partial charge on any atom is -0.378 e. The third kappa shape index (κ3) is 5.99. The van der Waals surface area contributed by atoms with Gasteiger partial charge in [0.25, 0.3) is 0 Å².